The summed E-state index contributed by atoms with van der Waals surface area (Å²) in [5, 5.41) is 16.3. The quantitative estimate of drug-likeness (QED) is 0.640. The lowest BCUT2D eigenvalue weighted by Gasteiger charge is -2.31. The summed E-state index contributed by atoms with van der Waals surface area (Å²) in [5.74, 6) is -1.02. The smallest absolute Gasteiger partial charge is 0.292 e. The average Bonchev–Trinajstić information content (AvgIpc) is 2.26. The summed E-state index contributed by atoms with van der Waals surface area (Å²) in [6, 6.07) is 3.00. The van der Waals surface area contributed by atoms with Crippen LogP contribution in [0.5, 0.6) is 0 Å². The van der Waals surface area contributed by atoms with E-state index in [9.17, 15) is 19.3 Å². The standard InChI is InChI=1S/C12H14FN3O3/c1-7(8-5-14-6-8)12(17)15-10-4-9(13)2-3-11(10)16(18)19/h2-4,7-8,14H,5-6H2,1H3,(H,15,17). The summed E-state index contributed by atoms with van der Waals surface area (Å²) in [4.78, 5) is 22.1. The zero-order valence-corrected chi connectivity index (χ0v) is 10.4. The number of benzene rings is 1. The van der Waals surface area contributed by atoms with Gasteiger partial charge in [0.1, 0.15) is 11.5 Å². The topological polar surface area (TPSA) is 84.3 Å². The van der Waals surface area contributed by atoms with Crippen molar-refractivity contribution >= 4 is 17.3 Å². The maximum Gasteiger partial charge on any atom is 0.292 e. The third-order valence-corrected chi connectivity index (χ3v) is 3.35. The monoisotopic (exact) mass is 267 g/mol. The van der Waals surface area contributed by atoms with Crippen LogP contribution in [0, 0.1) is 27.8 Å². The molecule has 2 rings (SSSR count). The molecule has 1 aromatic carbocycles. The summed E-state index contributed by atoms with van der Waals surface area (Å²) in [6.07, 6.45) is 0. The Morgan fingerprint density at radius 2 is 2.26 bits per heavy atom. The molecule has 1 amide bonds. The molecule has 1 fully saturated rings. The number of carbonyl (C=O) groups is 1. The highest BCUT2D eigenvalue weighted by atomic mass is 19.1. The first-order chi connectivity index (χ1) is 8.99. The number of carbonyl (C=O) groups excluding carboxylic acids is 1. The number of nitrogens with one attached hydrogen (secondary N) is 2. The highest BCUT2D eigenvalue weighted by Gasteiger charge is 2.29. The van der Waals surface area contributed by atoms with Crippen molar-refractivity contribution < 1.29 is 14.1 Å². The first-order valence-corrected chi connectivity index (χ1v) is 5.94. The number of nitrogens with zero attached hydrogens (tertiary/aromatic N) is 1. The summed E-state index contributed by atoms with van der Waals surface area (Å²) < 4.78 is 13.1. The van der Waals surface area contributed by atoms with Crippen LogP contribution < -0.4 is 10.6 Å². The second kappa shape index (κ2) is 5.31. The van der Waals surface area contributed by atoms with Crippen molar-refractivity contribution in [3.05, 3.63) is 34.1 Å². The van der Waals surface area contributed by atoms with E-state index in [0.29, 0.717) is 0 Å². The molecule has 1 unspecified atom stereocenters. The minimum atomic E-state index is -0.648. The van der Waals surface area contributed by atoms with Crippen LogP contribution in [0.15, 0.2) is 18.2 Å². The molecule has 0 aliphatic carbocycles. The fourth-order valence-electron chi connectivity index (χ4n) is 1.89. The van der Waals surface area contributed by atoms with Gasteiger partial charge in [0.05, 0.1) is 4.92 Å². The normalized spacial score (nSPS) is 16.5. The van der Waals surface area contributed by atoms with Gasteiger partial charge < -0.3 is 10.6 Å². The van der Waals surface area contributed by atoms with Gasteiger partial charge >= 0.3 is 0 Å². The molecule has 1 heterocycles. The van der Waals surface area contributed by atoms with Crippen LogP contribution in [0.2, 0.25) is 0 Å². The fourth-order valence-corrected chi connectivity index (χ4v) is 1.89. The van der Waals surface area contributed by atoms with E-state index >= 15 is 0 Å². The molecule has 102 valence electrons. The van der Waals surface area contributed by atoms with Crippen molar-refractivity contribution in [3.63, 3.8) is 0 Å². The first kappa shape index (κ1) is 13.4. The zero-order valence-electron chi connectivity index (χ0n) is 10.4. The van der Waals surface area contributed by atoms with Crippen LogP contribution in [-0.2, 0) is 4.79 Å². The van der Waals surface area contributed by atoms with E-state index in [0.717, 1.165) is 31.3 Å². The van der Waals surface area contributed by atoms with E-state index in [4.69, 9.17) is 0 Å². The molecular formula is C12H14FN3O3. The highest BCUT2D eigenvalue weighted by Crippen LogP contribution is 2.26. The number of anilines is 1. The van der Waals surface area contributed by atoms with Crippen molar-refractivity contribution in [2.45, 2.75) is 6.92 Å². The fraction of sp³-hybridized carbons (Fsp3) is 0.417. The molecule has 0 radical (unpaired) electrons. The Kier molecular flexibility index (Phi) is 3.75. The lowest BCUT2D eigenvalue weighted by Crippen LogP contribution is -2.48. The second-order valence-electron chi connectivity index (χ2n) is 4.61. The number of nitro benzene ring substituents is 1. The van der Waals surface area contributed by atoms with Gasteiger partial charge in [0.15, 0.2) is 0 Å². The molecule has 19 heavy (non-hydrogen) atoms. The molecule has 2 N–H and O–H groups in total. The van der Waals surface area contributed by atoms with E-state index in [2.05, 4.69) is 10.6 Å². The van der Waals surface area contributed by atoms with Gasteiger partial charge in [0, 0.05) is 18.1 Å². The molecule has 7 heteroatoms. The van der Waals surface area contributed by atoms with Gasteiger partial charge in [-0.2, -0.15) is 0 Å². The highest BCUT2D eigenvalue weighted by molar-refractivity contribution is 5.94. The van der Waals surface area contributed by atoms with E-state index in [1.165, 1.54) is 0 Å². The molecular weight excluding hydrogens is 253 g/mol. The Labute approximate surface area is 109 Å². The SMILES string of the molecule is CC(C(=O)Nc1cc(F)ccc1[N+](=O)[O-])C1CNC1. The number of halogens is 1. The predicted octanol–water partition coefficient (Wildman–Crippen LogP) is 1.53. The van der Waals surface area contributed by atoms with Crippen molar-refractivity contribution in [3.8, 4) is 0 Å². The number of hydrogen-bond acceptors (Lipinski definition) is 4. The van der Waals surface area contributed by atoms with Crippen molar-refractivity contribution in [2.24, 2.45) is 11.8 Å². The summed E-state index contributed by atoms with van der Waals surface area (Å²) in [5.41, 5.74) is -0.414. The number of nitro groups is 1. The maximum absolute atomic E-state index is 13.1. The van der Waals surface area contributed by atoms with Crippen molar-refractivity contribution in [1.29, 1.82) is 0 Å². The Hall–Kier alpha value is -2.02. The van der Waals surface area contributed by atoms with E-state index in [-0.39, 0.29) is 29.1 Å². The number of amides is 1. The third kappa shape index (κ3) is 2.87. The largest absolute Gasteiger partial charge is 0.320 e. The minimum absolute atomic E-state index is 0.103. The third-order valence-electron chi connectivity index (χ3n) is 3.35. The van der Waals surface area contributed by atoms with Crippen LogP contribution in [0.25, 0.3) is 0 Å². The number of rotatable bonds is 4. The zero-order chi connectivity index (χ0) is 14.0. The van der Waals surface area contributed by atoms with Gasteiger partial charge in [-0.3, -0.25) is 14.9 Å². The maximum atomic E-state index is 13.1. The average molecular weight is 267 g/mol. The summed E-state index contributed by atoms with van der Waals surface area (Å²) >= 11 is 0. The molecule has 1 saturated heterocycles. The molecule has 0 aromatic heterocycles. The van der Waals surface area contributed by atoms with Crippen LogP contribution in [0.4, 0.5) is 15.8 Å². The predicted molar refractivity (Wildman–Crippen MR) is 67.2 cm³/mol. The van der Waals surface area contributed by atoms with E-state index in [1.807, 2.05) is 0 Å². The van der Waals surface area contributed by atoms with E-state index < -0.39 is 10.7 Å². The molecule has 0 saturated carbocycles. The van der Waals surface area contributed by atoms with Crippen LogP contribution in [-0.4, -0.2) is 23.9 Å². The van der Waals surface area contributed by atoms with Gasteiger partial charge in [-0.05, 0) is 25.1 Å². The van der Waals surface area contributed by atoms with Crippen LogP contribution in [0.3, 0.4) is 0 Å². The van der Waals surface area contributed by atoms with Crippen LogP contribution in [0.1, 0.15) is 6.92 Å². The molecule has 0 bridgehead atoms. The second-order valence-corrected chi connectivity index (χ2v) is 4.61. The van der Waals surface area contributed by atoms with Gasteiger partial charge in [-0.15, -0.1) is 0 Å². The molecule has 1 aliphatic heterocycles. The van der Waals surface area contributed by atoms with Crippen molar-refractivity contribution in [1.82, 2.24) is 5.32 Å². The lowest BCUT2D eigenvalue weighted by atomic mass is 9.88. The molecule has 0 spiro atoms. The summed E-state index contributed by atoms with van der Waals surface area (Å²) in [7, 11) is 0. The Bertz CT molecular complexity index is 517. The minimum Gasteiger partial charge on any atom is -0.320 e. The number of hydrogen-bond donors (Lipinski definition) is 2. The van der Waals surface area contributed by atoms with Gasteiger partial charge in [0.2, 0.25) is 5.91 Å². The molecule has 1 aromatic rings. The van der Waals surface area contributed by atoms with Gasteiger partial charge in [-0.1, -0.05) is 6.92 Å². The molecule has 6 nitrogen and oxygen atoms in total. The van der Waals surface area contributed by atoms with Gasteiger partial charge in [-0.25, -0.2) is 4.39 Å². The summed E-state index contributed by atoms with van der Waals surface area (Å²) in [6.45, 7) is 3.26. The Morgan fingerprint density at radius 1 is 1.58 bits per heavy atom. The Morgan fingerprint density at radius 3 is 2.79 bits per heavy atom. The van der Waals surface area contributed by atoms with Crippen LogP contribution >= 0.6 is 0 Å². The lowest BCUT2D eigenvalue weighted by molar-refractivity contribution is -0.384. The molecule has 1 aliphatic rings. The van der Waals surface area contributed by atoms with E-state index in [1.54, 1.807) is 6.92 Å². The molecule has 1 atom stereocenters. The van der Waals surface area contributed by atoms with Crippen molar-refractivity contribution in [2.75, 3.05) is 18.4 Å². The van der Waals surface area contributed by atoms with Gasteiger partial charge in [0.25, 0.3) is 5.69 Å². The Balaban J connectivity index is 2.15. The first-order valence-electron chi connectivity index (χ1n) is 5.94.